The molecule has 1 saturated carbocycles. The van der Waals surface area contributed by atoms with Gasteiger partial charge < -0.3 is 5.73 Å². The van der Waals surface area contributed by atoms with Crippen LogP contribution in [-0.4, -0.2) is 6.04 Å². The average Bonchev–Trinajstić information content (AvgIpc) is 2.25. The first-order valence-corrected chi connectivity index (χ1v) is 5.56. The summed E-state index contributed by atoms with van der Waals surface area (Å²) in [6, 6.07) is 11.2. The fourth-order valence-electron chi connectivity index (χ4n) is 2.87. The average molecular weight is 189 g/mol. The van der Waals surface area contributed by atoms with Crippen LogP contribution in [0.5, 0.6) is 0 Å². The van der Waals surface area contributed by atoms with Gasteiger partial charge in [-0.1, -0.05) is 50.6 Å². The van der Waals surface area contributed by atoms with Gasteiger partial charge in [-0.2, -0.15) is 0 Å². The quantitative estimate of drug-likeness (QED) is 0.760. The lowest BCUT2D eigenvalue weighted by atomic mass is 9.58. The van der Waals surface area contributed by atoms with Gasteiger partial charge in [0.1, 0.15) is 0 Å². The van der Waals surface area contributed by atoms with Gasteiger partial charge in [0.05, 0.1) is 0 Å². The molecule has 14 heavy (non-hydrogen) atoms. The van der Waals surface area contributed by atoms with Gasteiger partial charge in [-0.3, -0.25) is 0 Å². The predicted molar refractivity (Wildman–Crippen MR) is 60.1 cm³/mol. The second-order valence-electron chi connectivity index (χ2n) is 4.45. The summed E-state index contributed by atoms with van der Waals surface area (Å²) in [5, 5.41) is 0. The Hall–Kier alpha value is -0.820. The van der Waals surface area contributed by atoms with Crippen molar-refractivity contribution in [3.8, 4) is 0 Å². The Morgan fingerprint density at radius 2 is 1.86 bits per heavy atom. The Balaban J connectivity index is 2.19. The second-order valence-corrected chi connectivity index (χ2v) is 4.45. The van der Waals surface area contributed by atoms with Crippen molar-refractivity contribution in [2.45, 2.75) is 32.2 Å². The molecule has 0 heterocycles. The molecule has 1 aliphatic rings. The van der Waals surface area contributed by atoms with Crippen LogP contribution in [0.4, 0.5) is 0 Å². The van der Waals surface area contributed by atoms with Gasteiger partial charge in [0.15, 0.2) is 0 Å². The van der Waals surface area contributed by atoms with Gasteiger partial charge in [-0.15, -0.1) is 0 Å². The van der Waals surface area contributed by atoms with Crippen molar-refractivity contribution >= 4 is 0 Å². The molecule has 1 aromatic carbocycles. The molecule has 1 aliphatic carbocycles. The molecule has 0 aliphatic heterocycles. The lowest BCUT2D eigenvalue weighted by Crippen LogP contribution is -2.53. The Bertz CT molecular complexity index is 293. The first-order chi connectivity index (χ1) is 6.75. The summed E-state index contributed by atoms with van der Waals surface area (Å²) in [4.78, 5) is 0. The van der Waals surface area contributed by atoms with Crippen LogP contribution in [0.3, 0.4) is 0 Å². The van der Waals surface area contributed by atoms with Crippen LogP contribution in [0.15, 0.2) is 30.3 Å². The minimum absolute atomic E-state index is 0.408. The summed E-state index contributed by atoms with van der Waals surface area (Å²) in [6.07, 6.45) is 1.20. The summed E-state index contributed by atoms with van der Waals surface area (Å²) < 4.78 is 0. The molecule has 0 bridgehead atoms. The molecule has 0 amide bonds. The van der Waals surface area contributed by atoms with Crippen molar-refractivity contribution in [2.75, 3.05) is 0 Å². The zero-order valence-corrected chi connectivity index (χ0v) is 8.98. The smallest absolute Gasteiger partial charge is 0.0105 e. The molecule has 2 rings (SSSR count). The van der Waals surface area contributed by atoms with Gasteiger partial charge in [-0.05, 0) is 23.3 Å². The molecular formula is C13H19N. The third-order valence-corrected chi connectivity index (χ3v) is 3.79. The maximum Gasteiger partial charge on any atom is 0.0105 e. The number of hydrogen-bond acceptors (Lipinski definition) is 1. The van der Waals surface area contributed by atoms with E-state index in [4.69, 9.17) is 5.73 Å². The third-order valence-electron chi connectivity index (χ3n) is 3.79. The van der Waals surface area contributed by atoms with E-state index in [0.29, 0.717) is 23.8 Å². The Morgan fingerprint density at radius 1 is 1.21 bits per heavy atom. The van der Waals surface area contributed by atoms with Crippen molar-refractivity contribution in [3.63, 3.8) is 0 Å². The molecule has 4 unspecified atom stereocenters. The van der Waals surface area contributed by atoms with Crippen LogP contribution in [0.25, 0.3) is 0 Å². The Morgan fingerprint density at radius 3 is 2.43 bits per heavy atom. The van der Waals surface area contributed by atoms with Crippen molar-refractivity contribution in [2.24, 2.45) is 17.6 Å². The summed E-state index contributed by atoms with van der Waals surface area (Å²) >= 11 is 0. The van der Waals surface area contributed by atoms with Crippen LogP contribution < -0.4 is 5.73 Å². The SMILES string of the molecule is CCC1C(N)C(C)C1c1ccccc1. The van der Waals surface area contributed by atoms with Gasteiger partial charge in [0.25, 0.3) is 0 Å². The first kappa shape index (κ1) is 9.72. The molecule has 0 saturated heterocycles. The van der Waals surface area contributed by atoms with E-state index in [-0.39, 0.29) is 0 Å². The van der Waals surface area contributed by atoms with Crippen molar-refractivity contribution < 1.29 is 0 Å². The largest absolute Gasteiger partial charge is 0.327 e. The fraction of sp³-hybridized carbons (Fsp3) is 0.538. The number of hydrogen-bond donors (Lipinski definition) is 1. The minimum atomic E-state index is 0.408. The van der Waals surface area contributed by atoms with Crippen molar-refractivity contribution in [3.05, 3.63) is 35.9 Å². The van der Waals surface area contributed by atoms with E-state index < -0.39 is 0 Å². The summed E-state index contributed by atoms with van der Waals surface area (Å²) in [6.45, 7) is 4.51. The highest BCUT2D eigenvalue weighted by atomic mass is 14.7. The maximum atomic E-state index is 6.10. The molecule has 76 valence electrons. The molecule has 0 aromatic heterocycles. The number of benzene rings is 1. The highest BCUT2D eigenvalue weighted by Crippen LogP contribution is 2.47. The fourth-order valence-corrected chi connectivity index (χ4v) is 2.87. The molecule has 1 nitrogen and oxygen atoms in total. The van der Waals surface area contributed by atoms with Gasteiger partial charge in [0.2, 0.25) is 0 Å². The van der Waals surface area contributed by atoms with Gasteiger partial charge in [-0.25, -0.2) is 0 Å². The van der Waals surface area contributed by atoms with Crippen LogP contribution >= 0.6 is 0 Å². The molecule has 2 N–H and O–H groups in total. The molecular weight excluding hydrogens is 170 g/mol. The monoisotopic (exact) mass is 189 g/mol. The lowest BCUT2D eigenvalue weighted by molar-refractivity contribution is 0.109. The van der Waals surface area contributed by atoms with E-state index in [2.05, 4.69) is 44.2 Å². The molecule has 1 heteroatoms. The van der Waals surface area contributed by atoms with Crippen molar-refractivity contribution in [1.82, 2.24) is 0 Å². The van der Waals surface area contributed by atoms with E-state index >= 15 is 0 Å². The Labute approximate surface area is 86.3 Å². The highest BCUT2D eigenvalue weighted by Gasteiger charge is 2.44. The third kappa shape index (κ3) is 1.36. The highest BCUT2D eigenvalue weighted by molar-refractivity contribution is 5.26. The predicted octanol–water partition coefficient (Wildman–Crippen LogP) is 2.77. The van der Waals surface area contributed by atoms with Gasteiger partial charge >= 0.3 is 0 Å². The Kier molecular flexibility index (Phi) is 2.60. The molecule has 4 atom stereocenters. The second kappa shape index (κ2) is 3.74. The summed E-state index contributed by atoms with van der Waals surface area (Å²) in [7, 11) is 0. The summed E-state index contributed by atoms with van der Waals surface area (Å²) in [5.41, 5.74) is 7.57. The van der Waals surface area contributed by atoms with Crippen LogP contribution in [0.1, 0.15) is 31.7 Å². The van der Waals surface area contributed by atoms with E-state index in [0.717, 1.165) is 0 Å². The zero-order chi connectivity index (χ0) is 10.1. The molecule has 0 spiro atoms. The lowest BCUT2D eigenvalue weighted by Gasteiger charge is -2.49. The van der Waals surface area contributed by atoms with Crippen molar-refractivity contribution in [1.29, 1.82) is 0 Å². The topological polar surface area (TPSA) is 26.0 Å². The molecule has 1 aromatic rings. The van der Waals surface area contributed by atoms with E-state index in [1.54, 1.807) is 0 Å². The molecule has 1 fully saturated rings. The van der Waals surface area contributed by atoms with Crippen LogP contribution in [0, 0.1) is 11.8 Å². The zero-order valence-electron chi connectivity index (χ0n) is 8.98. The standard InChI is InChI=1S/C13H19N/c1-3-11-12(9(2)13(11)14)10-7-5-4-6-8-10/h4-9,11-13H,3,14H2,1-2H3. The van der Waals surface area contributed by atoms with E-state index in [1.165, 1.54) is 12.0 Å². The van der Waals surface area contributed by atoms with Gasteiger partial charge in [0, 0.05) is 6.04 Å². The number of nitrogens with two attached hydrogens (primary N) is 1. The van der Waals surface area contributed by atoms with Crippen LogP contribution in [-0.2, 0) is 0 Å². The maximum absolute atomic E-state index is 6.10. The first-order valence-electron chi connectivity index (χ1n) is 5.56. The van der Waals surface area contributed by atoms with E-state index in [9.17, 15) is 0 Å². The number of rotatable bonds is 2. The van der Waals surface area contributed by atoms with E-state index in [1.807, 2.05) is 0 Å². The minimum Gasteiger partial charge on any atom is -0.327 e. The molecule has 0 radical (unpaired) electrons. The normalized spacial score (nSPS) is 36.5. The summed E-state index contributed by atoms with van der Waals surface area (Å²) in [5.74, 6) is 2.02. The van der Waals surface area contributed by atoms with Crippen LogP contribution in [0.2, 0.25) is 0 Å².